The predicted molar refractivity (Wildman–Crippen MR) is 187 cm³/mol. The van der Waals surface area contributed by atoms with E-state index in [-0.39, 0.29) is 40.1 Å². The Balaban J connectivity index is 1.35. The maximum atomic E-state index is 15.7. The Morgan fingerprint density at radius 2 is 2.00 bits per heavy atom. The third kappa shape index (κ3) is 5.86. The number of carbonyl (C=O) groups is 1. The number of halogens is 2. The molecule has 1 spiro atoms. The molecular weight excluding hydrogens is 649 g/mol. The summed E-state index contributed by atoms with van der Waals surface area (Å²) in [5.41, 5.74) is 2.87. The van der Waals surface area contributed by atoms with Crippen LogP contribution in [-0.4, -0.2) is 47.2 Å². The average Bonchev–Trinajstić information content (AvgIpc) is 3.22. The van der Waals surface area contributed by atoms with Crippen molar-refractivity contribution in [2.45, 2.75) is 68.6 Å². The first-order valence-electron chi connectivity index (χ1n) is 17.0. The van der Waals surface area contributed by atoms with Crippen molar-refractivity contribution in [2.75, 3.05) is 31.7 Å². The molecule has 2 aromatic carbocycles. The number of benzene rings is 2. The Morgan fingerprint density at radius 3 is 2.77 bits per heavy atom. The Labute approximate surface area is 289 Å². The quantitative estimate of drug-likeness (QED) is 0.284. The molecule has 1 saturated carbocycles. The van der Waals surface area contributed by atoms with Crippen LogP contribution in [0.2, 0.25) is 5.02 Å². The number of allylic oxidation sites excluding steroid dienone is 1. The number of nitrogens with zero attached hydrogens (tertiary/aromatic N) is 2. The third-order valence-electron chi connectivity index (χ3n) is 11.5. The van der Waals surface area contributed by atoms with Crippen molar-refractivity contribution in [1.82, 2.24) is 9.71 Å². The number of pyridine rings is 1. The summed E-state index contributed by atoms with van der Waals surface area (Å²) in [5.74, 6) is 0.0825. The van der Waals surface area contributed by atoms with Gasteiger partial charge in [0.25, 0.3) is 5.91 Å². The van der Waals surface area contributed by atoms with Crippen LogP contribution in [0.3, 0.4) is 0 Å². The zero-order valence-corrected chi connectivity index (χ0v) is 29.3. The Hall–Kier alpha value is -3.27. The summed E-state index contributed by atoms with van der Waals surface area (Å²) in [4.78, 5) is 20.2. The van der Waals surface area contributed by atoms with Crippen LogP contribution in [0.4, 0.5) is 10.1 Å². The fourth-order valence-corrected chi connectivity index (χ4v) is 9.62. The van der Waals surface area contributed by atoms with Crippen molar-refractivity contribution in [3.05, 3.63) is 100 Å². The molecule has 7 nitrogen and oxygen atoms in total. The Bertz CT molecular complexity index is 1770. The molecule has 1 fully saturated rings. The van der Waals surface area contributed by atoms with Gasteiger partial charge in [-0.3, -0.25) is 14.5 Å². The van der Waals surface area contributed by atoms with Crippen molar-refractivity contribution in [1.29, 1.82) is 0 Å². The van der Waals surface area contributed by atoms with E-state index < -0.39 is 16.6 Å². The van der Waals surface area contributed by atoms with E-state index in [4.69, 9.17) is 21.1 Å². The number of hydrogen-bond donors (Lipinski definition) is 1. The molecule has 1 aromatic heterocycles. The first kappa shape index (κ1) is 33.2. The van der Waals surface area contributed by atoms with Crippen molar-refractivity contribution in [2.24, 2.45) is 17.8 Å². The van der Waals surface area contributed by atoms with E-state index in [9.17, 15) is 9.00 Å². The molecule has 2 bridgehead atoms. The number of hydrogen-bond acceptors (Lipinski definition) is 6. The molecular formula is C38H43ClFN3O4S. The SMILES string of the molecule is CO[C@]1(c2cnccc2F)/C=C/CC(C)C(C)S(=O)NC(=O)c2ccc3c(c2)N(CC2CCC21)C[C@@]1(CCCc2cc(Cl)ccc21)CO3. The van der Waals surface area contributed by atoms with Crippen molar-refractivity contribution < 1.29 is 22.9 Å². The van der Waals surface area contributed by atoms with Crippen LogP contribution in [0.25, 0.3) is 0 Å². The van der Waals surface area contributed by atoms with E-state index in [0.29, 0.717) is 43.0 Å². The minimum atomic E-state index is -1.62. The van der Waals surface area contributed by atoms with Crippen LogP contribution in [0.15, 0.2) is 67.0 Å². The second-order valence-electron chi connectivity index (χ2n) is 14.1. The van der Waals surface area contributed by atoms with E-state index in [1.807, 2.05) is 44.2 Å². The molecule has 4 aliphatic rings. The van der Waals surface area contributed by atoms with Crippen LogP contribution >= 0.6 is 11.6 Å². The highest BCUT2D eigenvalue weighted by Crippen LogP contribution is 2.52. The lowest BCUT2D eigenvalue weighted by molar-refractivity contribution is -0.0825. The van der Waals surface area contributed by atoms with E-state index in [1.165, 1.54) is 23.4 Å². The van der Waals surface area contributed by atoms with Gasteiger partial charge in [-0.15, -0.1) is 0 Å². The lowest BCUT2D eigenvalue weighted by Crippen LogP contribution is -2.52. The summed E-state index contributed by atoms with van der Waals surface area (Å²) < 4.78 is 44.9. The Kier molecular flexibility index (Phi) is 9.15. The number of aromatic nitrogens is 1. The second kappa shape index (κ2) is 13.2. The van der Waals surface area contributed by atoms with Gasteiger partial charge in [-0.2, -0.15) is 0 Å². The number of ether oxygens (including phenoxy) is 2. The molecule has 7 atom stereocenters. The summed E-state index contributed by atoms with van der Waals surface area (Å²) in [6.07, 6.45) is 12.4. The first-order valence-corrected chi connectivity index (χ1v) is 18.6. The molecule has 0 saturated heterocycles. The van der Waals surface area contributed by atoms with Crippen molar-refractivity contribution in [3.8, 4) is 5.75 Å². The first-order chi connectivity index (χ1) is 23.1. The third-order valence-corrected chi connectivity index (χ3v) is 13.2. The lowest BCUT2D eigenvalue weighted by Gasteiger charge is -2.50. The van der Waals surface area contributed by atoms with Crippen LogP contribution < -0.4 is 14.4 Å². The van der Waals surface area contributed by atoms with E-state index in [2.05, 4.69) is 26.7 Å². The van der Waals surface area contributed by atoms with Crippen molar-refractivity contribution in [3.63, 3.8) is 0 Å². The van der Waals surface area contributed by atoms with E-state index >= 15 is 4.39 Å². The summed E-state index contributed by atoms with van der Waals surface area (Å²) in [6, 6.07) is 13.1. The van der Waals surface area contributed by atoms with Gasteiger partial charge in [0.05, 0.1) is 17.5 Å². The number of rotatable bonds is 2. The maximum Gasteiger partial charge on any atom is 0.263 e. The van der Waals surface area contributed by atoms with Crippen LogP contribution in [0, 0.1) is 23.6 Å². The minimum Gasteiger partial charge on any atom is -0.490 e. The summed E-state index contributed by atoms with van der Waals surface area (Å²) in [6.45, 7) is 5.73. The second-order valence-corrected chi connectivity index (χ2v) is 16.1. The van der Waals surface area contributed by atoms with Gasteiger partial charge in [0.2, 0.25) is 0 Å². The number of nitrogens with one attached hydrogen (secondary N) is 1. The molecule has 2 aliphatic heterocycles. The largest absolute Gasteiger partial charge is 0.490 e. The summed E-state index contributed by atoms with van der Waals surface area (Å²) in [7, 11) is 0.0334. The highest BCUT2D eigenvalue weighted by molar-refractivity contribution is 7.84. The fraction of sp³-hybridized carbons (Fsp3) is 0.474. The summed E-state index contributed by atoms with van der Waals surface area (Å²) in [5, 5.41) is 0.407. The number of amides is 1. The van der Waals surface area contributed by atoms with Gasteiger partial charge in [-0.25, -0.2) is 8.60 Å². The van der Waals surface area contributed by atoms with Crippen LogP contribution in [0.5, 0.6) is 5.75 Å². The molecule has 48 heavy (non-hydrogen) atoms. The zero-order valence-electron chi connectivity index (χ0n) is 27.7. The highest BCUT2D eigenvalue weighted by atomic mass is 35.5. The van der Waals surface area contributed by atoms with Gasteiger partial charge in [0.15, 0.2) is 0 Å². The van der Waals surface area contributed by atoms with Gasteiger partial charge in [0.1, 0.15) is 28.2 Å². The van der Waals surface area contributed by atoms with Gasteiger partial charge >= 0.3 is 0 Å². The van der Waals surface area contributed by atoms with Gasteiger partial charge in [-0.05, 0) is 105 Å². The molecule has 5 unspecified atom stereocenters. The Morgan fingerprint density at radius 1 is 1.15 bits per heavy atom. The molecule has 2 aliphatic carbocycles. The number of carbonyl (C=O) groups excluding carboxylic acids is 1. The van der Waals surface area contributed by atoms with E-state index in [1.54, 1.807) is 19.4 Å². The minimum absolute atomic E-state index is 0.0267. The molecule has 0 radical (unpaired) electrons. The number of fused-ring (bicyclic) bond motifs is 4. The van der Waals surface area contributed by atoms with Gasteiger partial charge in [-0.1, -0.05) is 36.7 Å². The molecule has 254 valence electrons. The standard InChI is InChI=1S/C38H43ClFN3O4S/c1-24-6-4-16-38(46-3,32-20-41-17-14-33(32)40)31-11-8-28(31)21-43-22-37(15-5-7-26-18-29(39)10-12-30(26)37)23-47-35-13-9-27(19-34(35)43)36(44)42-48(45)25(24)2/h4,9-10,12-14,16-20,24-25,28,31H,5-8,11,15,21-23H2,1-3H3,(H,42,44)/b16-4+/t24?,25?,28?,31?,37-,38+,48?/m0/s1. The number of aryl methyl sites for hydroxylation is 1. The number of anilines is 1. The topological polar surface area (TPSA) is 80.8 Å². The van der Waals surface area contributed by atoms with Gasteiger partial charge in [0, 0.05) is 60.1 Å². The van der Waals surface area contributed by atoms with Gasteiger partial charge < -0.3 is 14.4 Å². The fourth-order valence-electron chi connectivity index (χ4n) is 8.40. The maximum absolute atomic E-state index is 15.7. The zero-order chi connectivity index (χ0) is 33.6. The van der Waals surface area contributed by atoms with E-state index in [0.717, 1.165) is 42.8 Å². The molecule has 1 N–H and O–H groups in total. The lowest BCUT2D eigenvalue weighted by atomic mass is 9.62. The summed E-state index contributed by atoms with van der Waals surface area (Å²) >= 11 is 6.46. The monoisotopic (exact) mass is 691 g/mol. The molecule has 7 rings (SSSR count). The van der Waals surface area contributed by atoms with Crippen LogP contribution in [-0.2, 0) is 33.2 Å². The predicted octanol–water partition coefficient (Wildman–Crippen LogP) is 7.29. The normalized spacial score (nSPS) is 32.6. The van der Waals surface area contributed by atoms with Crippen LogP contribution in [0.1, 0.15) is 73.0 Å². The molecule has 1 amide bonds. The smallest absolute Gasteiger partial charge is 0.263 e. The highest BCUT2D eigenvalue weighted by Gasteiger charge is 2.51. The molecule has 10 heteroatoms. The number of methoxy groups -OCH3 is 1. The van der Waals surface area contributed by atoms with Crippen molar-refractivity contribution >= 4 is 34.2 Å². The average molecular weight is 692 g/mol. The molecule has 3 aromatic rings. The molecule has 3 heterocycles.